The van der Waals surface area contributed by atoms with Crippen LogP contribution in [0, 0.1) is 0 Å². The van der Waals surface area contributed by atoms with E-state index in [0.717, 1.165) is 0 Å². The van der Waals surface area contributed by atoms with Gasteiger partial charge in [0.1, 0.15) is 17.1 Å². The molecule has 0 aromatic heterocycles. The first-order valence-electron chi connectivity index (χ1n) is 5.76. The van der Waals surface area contributed by atoms with E-state index in [1.165, 1.54) is 36.2 Å². The molecular formula is C14H13ClN2O3. The lowest BCUT2D eigenvalue weighted by atomic mass is 10.1. The number of benzene rings is 2. The Labute approximate surface area is 120 Å². The molecule has 0 saturated carbocycles. The summed E-state index contributed by atoms with van der Waals surface area (Å²) in [7, 11) is 1.48. The molecule has 2 aromatic rings. The maximum Gasteiger partial charge on any atom is 0.265 e. The predicted molar refractivity (Wildman–Crippen MR) is 78.4 cm³/mol. The lowest BCUT2D eigenvalue weighted by Gasteiger charge is -2.20. The third kappa shape index (κ3) is 2.48. The van der Waals surface area contributed by atoms with Crippen LogP contribution in [0.4, 0.5) is 11.4 Å². The van der Waals surface area contributed by atoms with Crippen LogP contribution < -0.4 is 10.6 Å². The second-order valence-corrected chi connectivity index (χ2v) is 4.68. The van der Waals surface area contributed by atoms with Gasteiger partial charge in [-0.1, -0.05) is 17.7 Å². The van der Waals surface area contributed by atoms with E-state index in [1.54, 1.807) is 12.1 Å². The van der Waals surface area contributed by atoms with Gasteiger partial charge in [0.15, 0.2) is 0 Å². The van der Waals surface area contributed by atoms with Gasteiger partial charge in [-0.2, -0.15) is 0 Å². The normalized spacial score (nSPS) is 10.3. The highest BCUT2D eigenvalue weighted by Crippen LogP contribution is 2.32. The first-order chi connectivity index (χ1) is 9.41. The van der Waals surface area contributed by atoms with Gasteiger partial charge < -0.3 is 20.8 Å². The fraction of sp³-hybridized carbons (Fsp3) is 0.0714. The molecule has 104 valence electrons. The summed E-state index contributed by atoms with van der Waals surface area (Å²) in [5.74, 6) is -1.19. The second-order valence-electron chi connectivity index (χ2n) is 4.24. The molecule has 0 aliphatic rings. The molecule has 0 heterocycles. The van der Waals surface area contributed by atoms with Crippen LogP contribution in [-0.2, 0) is 0 Å². The van der Waals surface area contributed by atoms with Crippen molar-refractivity contribution in [2.45, 2.75) is 0 Å². The van der Waals surface area contributed by atoms with E-state index in [9.17, 15) is 15.0 Å². The van der Waals surface area contributed by atoms with Gasteiger partial charge >= 0.3 is 0 Å². The van der Waals surface area contributed by atoms with Crippen molar-refractivity contribution in [3.8, 4) is 11.5 Å². The largest absolute Gasteiger partial charge is 0.507 e. The van der Waals surface area contributed by atoms with Gasteiger partial charge in [-0.3, -0.25) is 4.79 Å². The number of nitrogens with zero attached hydrogens (tertiary/aromatic N) is 1. The summed E-state index contributed by atoms with van der Waals surface area (Å²) in [6, 6.07) is 8.80. The van der Waals surface area contributed by atoms with E-state index < -0.39 is 5.91 Å². The van der Waals surface area contributed by atoms with Crippen LogP contribution in [0.5, 0.6) is 11.5 Å². The molecule has 0 spiro atoms. The monoisotopic (exact) mass is 292 g/mol. The number of anilines is 2. The van der Waals surface area contributed by atoms with Gasteiger partial charge in [0, 0.05) is 12.1 Å². The minimum absolute atomic E-state index is 0.186. The Morgan fingerprint density at radius 1 is 1.20 bits per heavy atom. The van der Waals surface area contributed by atoms with Crippen LogP contribution in [0.2, 0.25) is 5.02 Å². The lowest BCUT2D eigenvalue weighted by molar-refractivity contribution is 0.0988. The number of phenolic OH excluding ortho intramolecular Hbond substituents is 2. The zero-order chi connectivity index (χ0) is 14.9. The number of rotatable bonds is 2. The Hall–Kier alpha value is -2.40. The molecule has 0 fully saturated rings. The van der Waals surface area contributed by atoms with E-state index in [1.807, 2.05) is 0 Å². The number of hydrogen-bond acceptors (Lipinski definition) is 4. The average molecular weight is 293 g/mol. The van der Waals surface area contributed by atoms with Crippen molar-refractivity contribution in [1.82, 2.24) is 0 Å². The van der Waals surface area contributed by atoms with Crippen LogP contribution in [-0.4, -0.2) is 23.2 Å². The van der Waals surface area contributed by atoms with Gasteiger partial charge in [0.05, 0.1) is 11.4 Å². The summed E-state index contributed by atoms with van der Waals surface area (Å²) in [6.45, 7) is 0. The molecule has 20 heavy (non-hydrogen) atoms. The number of halogens is 1. The van der Waals surface area contributed by atoms with Crippen LogP contribution in [0.1, 0.15) is 10.4 Å². The maximum absolute atomic E-state index is 12.4. The lowest BCUT2D eigenvalue weighted by Crippen LogP contribution is -2.27. The van der Waals surface area contributed by atoms with Crippen molar-refractivity contribution in [3.63, 3.8) is 0 Å². The molecule has 1 amide bonds. The molecule has 0 aliphatic heterocycles. The van der Waals surface area contributed by atoms with Crippen molar-refractivity contribution in [3.05, 3.63) is 47.0 Å². The third-order valence-electron chi connectivity index (χ3n) is 2.89. The number of aromatic hydroxyl groups is 2. The number of phenols is 2. The van der Waals surface area contributed by atoms with E-state index in [2.05, 4.69) is 0 Å². The highest BCUT2D eigenvalue weighted by atomic mass is 35.5. The average Bonchev–Trinajstić information content (AvgIpc) is 2.40. The zero-order valence-corrected chi connectivity index (χ0v) is 11.4. The van der Waals surface area contributed by atoms with Crippen molar-refractivity contribution in [2.75, 3.05) is 17.7 Å². The topological polar surface area (TPSA) is 86.8 Å². The molecule has 6 heteroatoms. The molecule has 0 atom stereocenters. The summed E-state index contributed by atoms with van der Waals surface area (Å²) < 4.78 is 0. The molecule has 4 N–H and O–H groups in total. The number of carbonyl (C=O) groups excluding carboxylic acids is 1. The van der Waals surface area contributed by atoms with Crippen LogP contribution in [0.25, 0.3) is 0 Å². The van der Waals surface area contributed by atoms with E-state index >= 15 is 0 Å². The summed E-state index contributed by atoms with van der Waals surface area (Å²) in [4.78, 5) is 13.6. The quantitative estimate of drug-likeness (QED) is 0.743. The fourth-order valence-corrected chi connectivity index (χ4v) is 2.00. The van der Waals surface area contributed by atoms with Gasteiger partial charge in [0.2, 0.25) is 0 Å². The number of nitrogen functional groups attached to an aromatic ring is 1. The SMILES string of the molecule is CN(C(=O)c1c(O)cccc1O)c1cc(Cl)ccc1N. The molecule has 2 aromatic carbocycles. The summed E-state index contributed by atoms with van der Waals surface area (Å²) in [5.41, 5.74) is 6.37. The van der Waals surface area contributed by atoms with Crippen molar-refractivity contribution < 1.29 is 15.0 Å². The smallest absolute Gasteiger partial charge is 0.265 e. The minimum Gasteiger partial charge on any atom is -0.507 e. The summed E-state index contributed by atoms with van der Waals surface area (Å²) in [6.07, 6.45) is 0. The Balaban J connectivity index is 2.45. The predicted octanol–water partition coefficient (Wildman–Crippen LogP) is 2.61. The van der Waals surface area contributed by atoms with Gasteiger partial charge in [0.25, 0.3) is 5.91 Å². The van der Waals surface area contributed by atoms with Crippen LogP contribution in [0.15, 0.2) is 36.4 Å². The van der Waals surface area contributed by atoms with Crippen molar-refractivity contribution in [1.29, 1.82) is 0 Å². The number of carbonyl (C=O) groups is 1. The Morgan fingerprint density at radius 3 is 2.40 bits per heavy atom. The molecular weight excluding hydrogens is 280 g/mol. The highest BCUT2D eigenvalue weighted by Gasteiger charge is 2.22. The van der Waals surface area contributed by atoms with Crippen molar-refractivity contribution >= 4 is 28.9 Å². The second kappa shape index (κ2) is 5.30. The summed E-state index contributed by atoms with van der Waals surface area (Å²) >= 11 is 5.88. The minimum atomic E-state index is -0.588. The maximum atomic E-state index is 12.4. The fourth-order valence-electron chi connectivity index (χ4n) is 1.83. The molecule has 0 unspecified atom stereocenters. The standard InChI is InChI=1S/C14H13ClN2O3/c1-17(10-7-8(15)5-6-9(10)16)14(20)13-11(18)3-2-4-12(13)19/h2-7,18-19H,16H2,1H3. The summed E-state index contributed by atoms with van der Waals surface area (Å²) in [5, 5.41) is 19.9. The van der Waals surface area contributed by atoms with Crippen LogP contribution in [0.3, 0.4) is 0 Å². The molecule has 2 rings (SSSR count). The number of hydrogen-bond donors (Lipinski definition) is 3. The molecule has 0 saturated heterocycles. The van der Waals surface area contributed by atoms with Gasteiger partial charge in [-0.15, -0.1) is 0 Å². The molecule has 0 bridgehead atoms. The van der Waals surface area contributed by atoms with E-state index in [4.69, 9.17) is 17.3 Å². The first kappa shape index (κ1) is 14.0. The third-order valence-corrected chi connectivity index (χ3v) is 3.13. The Morgan fingerprint density at radius 2 is 1.80 bits per heavy atom. The van der Waals surface area contributed by atoms with Crippen molar-refractivity contribution in [2.24, 2.45) is 0 Å². The van der Waals surface area contributed by atoms with Gasteiger partial charge in [-0.25, -0.2) is 0 Å². The first-order valence-corrected chi connectivity index (χ1v) is 6.13. The van der Waals surface area contributed by atoms with Gasteiger partial charge in [-0.05, 0) is 30.3 Å². The van der Waals surface area contributed by atoms with Crippen LogP contribution >= 0.6 is 11.6 Å². The molecule has 0 aliphatic carbocycles. The Kier molecular flexibility index (Phi) is 3.72. The molecule has 5 nitrogen and oxygen atoms in total. The van der Waals surface area contributed by atoms with E-state index in [0.29, 0.717) is 16.4 Å². The zero-order valence-electron chi connectivity index (χ0n) is 10.7. The van der Waals surface area contributed by atoms with E-state index in [-0.39, 0.29) is 17.1 Å². The molecule has 0 radical (unpaired) electrons. The highest BCUT2D eigenvalue weighted by molar-refractivity contribution is 6.31. The number of nitrogens with two attached hydrogens (primary N) is 1. The number of amides is 1. The Bertz CT molecular complexity index is 653.